The highest BCUT2D eigenvalue weighted by Gasteiger charge is 2.11. The Kier molecular flexibility index (Phi) is 7.95. The molecule has 0 aliphatic heterocycles. The molecule has 2 amide bonds. The van der Waals surface area contributed by atoms with Crippen molar-refractivity contribution in [3.05, 3.63) is 48.0 Å². The maximum atomic E-state index is 12.2. The largest absolute Gasteiger partial charge is 0.497 e. The van der Waals surface area contributed by atoms with Crippen LogP contribution in [0.1, 0.15) is 23.7 Å². The average molecular weight is 388 g/mol. The van der Waals surface area contributed by atoms with Gasteiger partial charge in [0.25, 0.3) is 11.8 Å². The molecular formula is C20H24N2O6. The highest BCUT2D eigenvalue weighted by atomic mass is 16.5. The summed E-state index contributed by atoms with van der Waals surface area (Å²) >= 11 is 0. The van der Waals surface area contributed by atoms with Gasteiger partial charge in [0.2, 0.25) is 0 Å². The molecule has 2 N–H and O–H groups in total. The summed E-state index contributed by atoms with van der Waals surface area (Å²) in [6, 6.07) is 11.6. The first-order chi connectivity index (χ1) is 13.5. The van der Waals surface area contributed by atoms with Crippen LogP contribution in [0.5, 0.6) is 23.0 Å². The smallest absolute Gasteiger partial charge is 0.276 e. The van der Waals surface area contributed by atoms with Gasteiger partial charge in [0.05, 0.1) is 20.8 Å². The normalized spacial score (nSPS) is 9.96. The van der Waals surface area contributed by atoms with Gasteiger partial charge in [-0.1, -0.05) is 6.92 Å². The highest BCUT2D eigenvalue weighted by Crippen LogP contribution is 2.22. The molecule has 2 aromatic carbocycles. The van der Waals surface area contributed by atoms with Crippen LogP contribution >= 0.6 is 0 Å². The predicted octanol–water partition coefficient (Wildman–Crippen LogP) is 2.33. The number of carbonyl (C=O) groups is 2. The lowest BCUT2D eigenvalue weighted by Crippen LogP contribution is -2.43. The summed E-state index contributed by atoms with van der Waals surface area (Å²) in [5.74, 6) is 1.16. The van der Waals surface area contributed by atoms with E-state index in [0.29, 0.717) is 23.9 Å². The second-order valence-corrected chi connectivity index (χ2v) is 5.71. The van der Waals surface area contributed by atoms with E-state index in [9.17, 15) is 9.59 Å². The number of amides is 2. The molecule has 0 aliphatic carbocycles. The maximum Gasteiger partial charge on any atom is 0.276 e. The lowest BCUT2D eigenvalue weighted by molar-refractivity contribution is -0.123. The van der Waals surface area contributed by atoms with E-state index < -0.39 is 11.8 Å². The van der Waals surface area contributed by atoms with Gasteiger partial charge in [-0.05, 0) is 42.8 Å². The number of hydrogen-bond donors (Lipinski definition) is 2. The summed E-state index contributed by atoms with van der Waals surface area (Å²) in [5.41, 5.74) is 4.89. The molecule has 8 nitrogen and oxygen atoms in total. The first-order valence-electron chi connectivity index (χ1n) is 8.73. The summed E-state index contributed by atoms with van der Waals surface area (Å²) in [4.78, 5) is 24.1. The highest BCUT2D eigenvalue weighted by molar-refractivity contribution is 5.96. The summed E-state index contributed by atoms with van der Waals surface area (Å²) in [6.07, 6.45) is 0.923. The molecule has 0 unspecified atom stereocenters. The van der Waals surface area contributed by atoms with Gasteiger partial charge in [-0.25, -0.2) is 0 Å². The van der Waals surface area contributed by atoms with Gasteiger partial charge in [-0.3, -0.25) is 20.4 Å². The molecule has 0 heterocycles. The molecular weight excluding hydrogens is 364 g/mol. The first-order valence-corrected chi connectivity index (χ1v) is 8.73. The zero-order valence-electron chi connectivity index (χ0n) is 16.1. The Labute approximate surface area is 163 Å². The minimum atomic E-state index is -0.511. The van der Waals surface area contributed by atoms with E-state index in [1.54, 1.807) is 30.3 Å². The van der Waals surface area contributed by atoms with Crippen LogP contribution in [0.2, 0.25) is 0 Å². The Bertz CT molecular complexity index is 770. The number of carbonyl (C=O) groups excluding carboxylic acids is 2. The van der Waals surface area contributed by atoms with Crippen LogP contribution in [0, 0.1) is 0 Å². The van der Waals surface area contributed by atoms with E-state index in [2.05, 4.69) is 10.9 Å². The molecule has 8 heteroatoms. The molecule has 0 fully saturated rings. The quantitative estimate of drug-likeness (QED) is 0.640. The van der Waals surface area contributed by atoms with Crippen molar-refractivity contribution in [1.82, 2.24) is 10.9 Å². The second-order valence-electron chi connectivity index (χ2n) is 5.71. The molecule has 0 aromatic heterocycles. The van der Waals surface area contributed by atoms with E-state index in [0.717, 1.165) is 12.2 Å². The van der Waals surface area contributed by atoms with Crippen LogP contribution in [0.25, 0.3) is 0 Å². The minimum Gasteiger partial charge on any atom is -0.497 e. The number of hydrogen-bond acceptors (Lipinski definition) is 6. The molecule has 2 aromatic rings. The zero-order chi connectivity index (χ0) is 20.4. The van der Waals surface area contributed by atoms with Crippen molar-refractivity contribution in [3.63, 3.8) is 0 Å². The van der Waals surface area contributed by atoms with Gasteiger partial charge in [0, 0.05) is 11.6 Å². The number of methoxy groups -OCH3 is 2. The first kappa shape index (κ1) is 20.9. The van der Waals surface area contributed by atoms with Gasteiger partial charge >= 0.3 is 0 Å². The number of rotatable bonds is 9. The Balaban J connectivity index is 1.81. The van der Waals surface area contributed by atoms with Crippen LogP contribution in [0.4, 0.5) is 0 Å². The van der Waals surface area contributed by atoms with Gasteiger partial charge in [-0.15, -0.1) is 0 Å². The second kappa shape index (κ2) is 10.7. The van der Waals surface area contributed by atoms with Crippen molar-refractivity contribution in [2.75, 3.05) is 27.4 Å². The monoisotopic (exact) mass is 388 g/mol. The topological polar surface area (TPSA) is 95.1 Å². The van der Waals surface area contributed by atoms with Crippen LogP contribution in [0.15, 0.2) is 42.5 Å². The van der Waals surface area contributed by atoms with Gasteiger partial charge in [0.15, 0.2) is 6.61 Å². The minimum absolute atomic E-state index is 0.253. The summed E-state index contributed by atoms with van der Waals surface area (Å²) in [5, 5.41) is 0. The molecule has 150 valence electrons. The summed E-state index contributed by atoms with van der Waals surface area (Å²) in [7, 11) is 2.97. The van der Waals surface area contributed by atoms with Gasteiger partial charge < -0.3 is 18.9 Å². The average Bonchev–Trinajstić information content (AvgIpc) is 2.74. The number of ether oxygens (including phenoxy) is 4. The van der Waals surface area contributed by atoms with E-state index in [-0.39, 0.29) is 12.2 Å². The van der Waals surface area contributed by atoms with Gasteiger partial charge in [0.1, 0.15) is 23.0 Å². The van der Waals surface area contributed by atoms with E-state index in [4.69, 9.17) is 18.9 Å². The molecule has 0 saturated carbocycles. The third-order valence-electron chi connectivity index (χ3n) is 3.60. The van der Waals surface area contributed by atoms with E-state index in [1.807, 2.05) is 6.92 Å². The fraction of sp³-hybridized carbons (Fsp3) is 0.300. The Morgan fingerprint density at radius 2 is 1.39 bits per heavy atom. The fourth-order valence-electron chi connectivity index (χ4n) is 2.17. The molecule has 0 bridgehead atoms. The zero-order valence-corrected chi connectivity index (χ0v) is 16.1. The number of benzene rings is 2. The summed E-state index contributed by atoms with van der Waals surface area (Å²) < 4.78 is 21.1. The van der Waals surface area contributed by atoms with Crippen LogP contribution in [0.3, 0.4) is 0 Å². The predicted molar refractivity (Wildman–Crippen MR) is 103 cm³/mol. The molecule has 0 atom stereocenters. The maximum absolute atomic E-state index is 12.2. The lowest BCUT2D eigenvalue weighted by atomic mass is 10.2. The summed E-state index contributed by atoms with van der Waals surface area (Å²) in [6.45, 7) is 2.41. The van der Waals surface area contributed by atoms with Crippen molar-refractivity contribution < 1.29 is 28.5 Å². The lowest BCUT2D eigenvalue weighted by Gasteiger charge is -2.11. The molecule has 2 rings (SSSR count). The molecule has 28 heavy (non-hydrogen) atoms. The van der Waals surface area contributed by atoms with Gasteiger partial charge in [-0.2, -0.15) is 0 Å². The van der Waals surface area contributed by atoms with Crippen LogP contribution in [-0.2, 0) is 4.79 Å². The third-order valence-corrected chi connectivity index (χ3v) is 3.60. The molecule has 0 aliphatic rings. The van der Waals surface area contributed by atoms with Crippen LogP contribution in [-0.4, -0.2) is 39.2 Å². The van der Waals surface area contributed by atoms with E-state index >= 15 is 0 Å². The van der Waals surface area contributed by atoms with Crippen LogP contribution < -0.4 is 29.8 Å². The van der Waals surface area contributed by atoms with E-state index in [1.165, 1.54) is 26.4 Å². The number of nitrogens with one attached hydrogen (secondary N) is 2. The molecule has 0 spiro atoms. The Hall–Kier alpha value is -3.42. The Morgan fingerprint density at radius 1 is 0.821 bits per heavy atom. The third kappa shape index (κ3) is 6.39. The molecule has 0 saturated heterocycles. The SMILES string of the molecule is CCCOc1ccc(OCC(=O)NNC(=O)c2cc(OC)cc(OC)c2)cc1. The van der Waals surface area contributed by atoms with Crippen molar-refractivity contribution >= 4 is 11.8 Å². The standard InChI is InChI=1S/C20H24N2O6/c1-4-9-27-15-5-7-16(8-6-15)28-13-19(23)21-22-20(24)14-10-17(25-2)12-18(11-14)26-3/h5-8,10-12H,4,9,13H2,1-3H3,(H,21,23)(H,22,24). The Morgan fingerprint density at radius 3 is 1.93 bits per heavy atom. The number of hydrazine groups is 1. The van der Waals surface area contributed by atoms with Crippen molar-refractivity contribution in [2.45, 2.75) is 13.3 Å². The van der Waals surface area contributed by atoms with Crippen molar-refractivity contribution in [2.24, 2.45) is 0 Å². The van der Waals surface area contributed by atoms with Crippen molar-refractivity contribution in [3.8, 4) is 23.0 Å². The molecule has 0 radical (unpaired) electrons. The fourth-order valence-corrected chi connectivity index (χ4v) is 2.17. The van der Waals surface area contributed by atoms with Crippen molar-refractivity contribution in [1.29, 1.82) is 0 Å².